The molecule has 0 aliphatic carbocycles. The molecule has 1 radical (unpaired) electrons. The maximum Gasteiger partial charge on any atom is 0.0806 e. The molecule has 0 spiro atoms. The molecule has 0 aromatic carbocycles. The maximum absolute atomic E-state index is 4.84. The van der Waals surface area contributed by atoms with Gasteiger partial charge in [-0.15, -0.1) is 0 Å². The van der Waals surface area contributed by atoms with E-state index in [9.17, 15) is 0 Å². The zero-order valence-corrected chi connectivity index (χ0v) is 5.27. The van der Waals surface area contributed by atoms with Gasteiger partial charge in [0.05, 0.1) is 12.7 Å². The average molecular weight is 87.2 g/mol. The summed E-state index contributed by atoms with van der Waals surface area (Å²) in [4.78, 5) is 0. The van der Waals surface area contributed by atoms with Crippen molar-refractivity contribution in [1.29, 1.82) is 0 Å². The van der Waals surface area contributed by atoms with E-state index >= 15 is 0 Å². The number of hydrogen-bond acceptors (Lipinski definition) is 1. The van der Waals surface area contributed by atoms with Crippen LogP contribution >= 0.6 is 0 Å². The summed E-state index contributed by atoms with van der Waals surface area (Å²) in [6.45, 7) is 0.990. The highest BCUT2D eigenvalue weighted by atomic mass is 28.1. The van der Waals surface area contributed by atoms with Crippen LogP contribution in [0.25, 0.3) is 0 Å². The molecule has 1 atom stereocenters. The zero-order valence-electron chi connectivity index (χ0n) is 3.27. The van der Waals surface area contributed by atoms with Gasteiger partial charge in [-0.2, -0.15) is 0 Å². The fourth-order valence-corrected chi connectivity index (χ4v) is 0.633. The SMILES string of the molecule is [SiH3][CH]C1CO1. The number of rotatable bonds is 1. The molecule has 0 aromatic rings. The molecule has 5 heavy (non-hydrogen) atoms. The molecule has 1 heterocycles. The summed E-state index contributed by atoms with van der Waals surface area (Å²) < 4.78 is 4.84. The van der Waals surface area contributed by atoms with Crippen LogP contribution in [0.1, 0.15) is 0 Å². The first-order valence-electron chi connectivity index (χ1n) is 1.84. The van der Waals surface area contributed by atoms with Crippen LogP contribution in [0.5, 0.6) is 0 Å². The van der Waals surface area contributed by atoms with Crippen molar-refractivity contribution in [2.24, 2.45) is 0 Å². The third-order valence-electron chi connectivity index (χ3n) is 0.731. The van der Waals surface area contributed by atoms with Crippen molar-refractivity contribution in [3.8, 4) is 0 Å². The van der Waals surface area contributed by atoms with E-state index in [0.717, 1.165) is 6.61 Å². The van der Waals surface area contributed by atoms with E-state index in [2.05, 4.69) is 6.04 Å². The van der Waals surface area contributed by atoms with Crippen molar-refractivity contribution in [2.75, 3.05) is 6.61 Å². The van der Waals surface area contributed by atoms with Crippen LogP contribution in [0.15, 0.2) is 0 Å². The quantitative estimate of drug-likeness (QED) is 0.292. The Morgan fingerprint density at radius 2 is 2.60 bits per heavy atom. The van der Waals surface area contributed by atoms with E-state index < -0.39 is 0 Å². The van der Waals surface area contributed by atoms with E-state index in [1.165, 1.54) is 10.2 Å². The highest BCUT2D eigenvalue weighted by Gasteiger charge is 2.18. The molecule has 1 aliphatic heterocycles. The predicted molar refractivity (Wildman–Crippen MR) is 24.0 cm³/mol. The minimum atomic E-state index is 0.571. The van der Waals surface area contributed by atoms with Gasteiger partial charge < -0.3 is 4.74 Å². The first-order chi connectivity index (χ1) is 2.43. The summed E-state index contributed by atoms with van der Waals surface area (Å²) in [7, 11) is 1.19. The Kier molecular flexibility index (Phi) is 0.745. The van der Waals surface area contributed by atoms with Crippen LogP contribution in [-0.4, -0.2) is 23.0 Å². The smallest absolute Gasteiger partial charge is 0.0806 e. The molecule has 1 rings (SSSR count). The van der Waals surface area contributed by atoms with E-state index in [-0.39, 0.29) is 0 Å². The standard InChI is InChI=1S/C3H7OSi/c5-2-3-1-4-3/h2-3H,1H2,5H3. The second-order valence-corrected chi connectivity index (χ2v) is 1.87. The summed E-state index contributed by atoms with van der Waals surface area (Å²) in [5.74, 6) is 0. The lowest BCUT2D eigenvalue weighted by Gasteiger charge is -1.68. The molecule has 0 aromatic heterocycles. The largest absolute Gasteiger partial charge is 0.373 e. The second-order valence-electron chi connectivity index (χ2n) is 1.21. The Morgan fingerprint density at radius 1 is 2.00 bits per heavy atom. The van der Waals surface area contributed by atoms with E-state index in [1.54, 1.807) is 0 Å². The molecule has 0 saturated carbocycles. The minimum Gasteiger partial charge on any atom is -0.373 e. The summed E-state index contributed by atoms with van der Waals surface area (Å²) in [5, 5.41) is 0. The normalized spacial score (nSPS) is 34.8. The first-order valence-corrected chi connectivity index (χ1v) is 3.00. The molecule has 1 aliphatic rings. The molecule has 0 bridgehead atoms. The van der Waals surface area contributed by atoms with E-state index in [4.69, 9.17) is 4.74 Å². The zero-order chi connectivity index (χ0) is 3.70. The molecule has 2 heteroatoms. The lowest BCUT2D eigenvalue weighted by Crippen LogP contribution is -1.80. The van der Waals surface area contributed by atoms with Gasteiger partial charge in [0, 0.05) is 10.2 Å². The van der Waals surface area contributed by atoms with Gasteiger partial charge in [0.1, 0.15) is 0 Å². The molecule has 29 valence electrons. The second kappa shape index (κ2) is 1.10. The van der Waals surface area contributed by atoms with Gasteiger partial charge in [-0.05, 0) is 6.04 Å². The highest BCUT2D eigenvalue weighted by Crippen LogP contribution is 2.08. The Labute approximate surface area is 34.7 Å². The summed E-state index contributed by atoms with van der Waals surface area (Å²) in [5.41, 5.74) is 0. The van der Waals surface area contributed by atoms with Crippen molar-refractivity contribution in [2.45, 2.75) is 6.10 Å². The molecule has 1 fully saturated rings. The van der Waals surface area contributed by atoms with Gasteiger partial charge in [-0.25, -0.2) is 0 Å². The molecule has 1 nitrogen and oxygen atoms in total. The fraction of sp³-hybridized carbons (Fsp3) is 0.667. The molecular formula is C3H7OSi. The van der Waals surface area contributed by atoms with Crippen LogP contribution < -0.4 is 0 Å². The summed E-state index contributed by atoms with van der Waals surface area (Å²) in [6, 6.07) is 2.19. The Balaban J connectivity index is 2.00. The average Bonchev–Trinajstić information content (AvgIpc) is 2.12. The van der Waals surface area contributed by atoms with Gasteiger partial charge in [0.25, 0.3) is 0 Å². The number of ether oxygens (including phenoxy) is 1. The Morgan fingerprint density at radius 3 is 2.60 bits per heavy atom. The molecular weight excluding hydrogens is 80.1 g/mol. The van der Waals surface area contributed by atoms with E-state index in [0.29, 0.717) is 6.10 Å². The predicted octanol–water partition coefficient (Wildman–Crippen LogP) is -1.09. The summed E-state index contributed by atoms with van der Waals surface area (Å²) >= 11 is 0. The van der Waals surface area contributed by atoms with Gasteiger partial charge in [0.15, 0.2) is 0 Å². The van der Waals surface area contributed by atoms with E-state index in [1.807, 2.05) is 0 Å². The third-order valence-corrected chi connectivity index (χ3v) is 1.47. The fourth-order valence-electron chi connectivity index (χ4n) is 0.248. The van der Waals surface area contributed by atoms with Crippen molar-refractivity contribution in [3.63, 3.8) is 0 Å². The maximum atomic E-state index is 4.84. The number of hydrogen-bond donors (Lipinski definition) is 0. The van der Waals surface area contributed by atoms with Crippen molar-refractivity contribution >= 4 is 10.2 Å². The molecule has 0 amide bonds. The first kappa shape index (κ1) is 3.37. The van der Waals surface area contributed by atoms with Gasteiger partial charge >= 0.3 is 0 Å². The van der Waals surface area contributed by atoms with Crippen molar-refractivity contribution in [1.82, 2.24) is 0 Å². The van der Waals surface area contributed by atoms with Crippen LogP contribution in [0.3, 0.4) is 0 Å². The van der Waals surface area contributed by atoms with Crippen LogP contribution in [0, 0.1) is 6.04 Å². The van der Waals surface area contributed by atoms with Crippen molar-refractivity contribution in [3.05, 3.63) is 6.04 Å². The minimum absolute atomic E-state index is 0.571. The topological polar surface area (TPSA) is 12.5 Å². The lowest BCUT2D eigenvalue weighted by molar-refractivity contribution is 0.436. The van der Waals surface area contributed by atoms with Crippen LogP contribution in [0.2, 0.25) is 0 Å². The molecule has 1 unspecified atom stereocenters. The van der Waals surface area contributed by atoms with Crippen LogP contribution in [0.4, 0.5) is 0 Å². The Hall–Kier alpha value is 0.177. The number of epoxide rings is 1. The van der Waals surface area contributed by atoms with Crippen LogP contribution in [-0.2, 0) is 4.74 Å². The molecule has 0 N–H and O–H groups in total. The van der Waals surface area contributed by atoms with Gasteiger partial charge in [-0.1, -0.05) is 0 Å². The van der Waals surface area contributed by atoms with Gasteiger partial charge in [0.2, 0.25) is 0 Å². The van der Waals surface area contributed by atoms with Gasteiger partial charge in [-0.3, -0.25) is 0 Å². The molecule has 1 saturated heterocycles. The van der Waals surface area contributed by atoms with Crippen molar-refractivity contribution < 1.29 is 4.74 Å². The summed E-state index contributed by atoms with van der Waals surface area (Å²) in [6.07, 6.45) is 0.571. The third kappa shape index (κ3) is 0.739. The highest BCUT2D eigenvalue weighted by molar-refractivity contribution is 6.15. The monoisotopic (exact) mass is 87.0 g/mol. The lowest BCUT2D eigenvalue weighted by atomic mass is 10.6. The Bertz CT molecular complexity index is 33.9.